The van der Waals surface area contributed by atoms with Crippen molar-refractivity contribution < 1.29 is 21.6 Å². The maximum absolute atomic E-state index is 12.3. The van der Waals surface area contributed by atoms with Gasteiger partial charge in [-0.15, -0.1) is 0 Å². The molecule has 0 bridgehead atoms. The third-order valence-electron chi connectivity index (χ3n) is 4.42. The van der Waals surface area contributed by atoms with Crippen LogP contribution >= 0.6 is 0 Å². The summed E-state index contributed by atoms with van der Waals surface area (Å²) < 4.78 is 49.9. The molecule has 1 amide bonds. The molecule has 1 aromatic carbocycles. The van der Waals surface area contributed by atoms with E-state index in [1.54, 1.807) is 6.07 Å². The van der Waals surface area contributed by atoms with Crippen LogP contribution in [0.5, 0.6) is 0 Å². The number of hydrogen-bond donors (Lipinski definition) is 2. The standard InChI is InChI=1S/C15H20N2O5S2/c18-15-9-12-8-13(3-4-14(12)17-15)24(21,22)16-6-1-2-11-5-7-23(19,20)10-11/h3-4,8,11,16H,1-2,5-7,9-10H2,(H,17,18). The first-order valence-electron chi connectivity index (χ1n) is 7.88. The van der Waals surface area contributed by atoms with Crippen molar-refractivity contribution >= 4 is 31.5 Å². The number of amides is 1. The summed E-state index contributed by atoms with van der Waals surface area (Å²) in [4.78, 5) is 11.5. The Bertz CT molecular complexity index is 862. The fourth-order valence-electron chi connectivity index (χ4n) is 3.15. The number of rotatable bonds is 6. The highest BCUT2D eigenvalue weighted by molar-refractivity contribution is 7.91. The highest BCUT2D eigenvalue weighted by Gasteiger charge is 2.27. The lowest BCUT2D eigenvalue weighted by Gasteiger charge is -2.10. The molecule has 24 heavy (non-hydrogen) atoms. The molecule has 1 unspecified atom stereocenters. The van der Waals surface area contributed by atoms with Crippen LogP contribution in [0.4, 0.5) is 5.69 Å². The molecule has 0 aromatic heterocycles. The Morgan fingerprint density at radius 2 is 2.08 bits per heavy atom. The number of sulfone groups is 1. The monoisotopic (exact) mass is 372 g/mol. The molecule has 1 saturated heterocycles. The van der Waals surface area contributed by atoms with Gasteiger partial charge in [0.2, 0.25) is 15.9 Å². The normalized spacial score (nSPS) is 22.3. The Kier molecular flexibility index (Phi) is 4.67. The number of nitrogens with one attached hydrogen (secondary N) is 2. The first-order valence-corrected chi connectivity index (χ1v) is 11.2. The molecule has 3 rings (SSSR count). The fourth-order valence-corrected chi connectivity index (χ4v) is 6.19. The summed E-state index contributed by atoms with van der Waals surface area (Å²) in [5, 5.41) is 2.66. The van der Waals surface area contributed by atoms with Gasteiger partial charge < -0.3 is 5.32 Å². The lowest BCUT2D eigenvalue weighted by atomic mass is 10.0. The second kappa shape index (κ2) is 6.45. The molecule has 1 aromatic rings. The molecule has 0 saturated carbocycles. The number of fused-ring (bicyclic) bond motifs is 1. The van der Waals surface area contributed by atoms with E-state index >= 15 is 0 Å². The Morgan fingerprint density at radius 3 is 2.79 bits per heavy atom. The van der Waals surface area contributed by atoms with E-state index in [4.69, 9.17) is 0 Å². The van der Waals surface area contributed by atoms with Crippen LogP contribution in [0.25, 0.3) is 0 Å². The van der Waals surface area contributed by atoms with Gasteiger partial charge in [-0.1, -0.05) is 0 Å². The van der Waals surface area contributed by atoms with Crippen LogP contribution in [-0.4, -0.2) is 40.8 Å². The van der Waals surface area contributed by atoms with Gasteiger partial charge in [-0.05, 0) is 48.9 Å². The Labute approximate surface area is 141 Å². The van der Waals surface area contributed by atoms with Crippen molar-refractivity contribution in [2.45, 2.75) is 30.6 Å². The quantitative estimate of drug-likeness (QED) is 0.714. The summed E-state index contributed by atoms with van der Waals surface area (Å²) in [6.45, 7) is 0.271. The minimum Gasteiger partial charge on any atom is -0.326 e. The van der Waals surface area contributed by atoms with Gasteiger partial charge in [0, 0.05) is 12.2 Å². The average Bonchev–Trinajstić information content (AvgIpc) is 3.03. The fraction of sp³-hybridized carbons (Fsp3) is 0.533. The SMILES string of the molecule is O=C1Cc2cc(S(=O)(=O)NCCCC3CCS(=O)(=O)C3)ccc2N1. The van der Waals surface area contributed by atoms with Crippen LogP contribution in [0.2, 0.25) is 0 Å². The molecule has 0 aliphatic carbocycles. The molecule has 7 nitrogen and oxygen atoms in total. The van der Waals surface area contributed by atoms with Crippen molar-refractivity contribution in [2.24, 2.45) is 5.92 Å². The minimum absolute atomic E-state index is 0.136. The number of carbonyl (C=O) groups is 1. The van der Waals surface area contributed by atoms with E-state index < -0.39 is 19.9 Å². The number of carbonyl (C=O) groups excluding carboxylic acids is 1. The molecule has 1 atom stereocenters. The highest BCUT2D eigenvalue weighted by Crippen LogP contribution is 2.26. The van der Waals surface area contributed by atoms with Gasteiger partial charge in [0.05, 0.1) is 22.8 Å². The number of benzene rings is 1. The largest absolute Gasteiger partial charge is 0.326 e. The van der Waals surface area contributed by atoms with Gasteiger partial charge in [-0.25, -0.2) is 21.6 Å². The minimum atomic E-state index is -3.63. The van der Waals surface area contributed by atoms with Crippen molar-refractivity contribution in [1.82, 2.24) is 4.72 Å². The molecule has 2 aliphatic heterocycles. The molecule has 0 radical (unpaired) electrons. The predicted octanol–water partition coefficient (Wildman–Crippen LogP) is 0.674. The van der Waals surface area contributed by atoms with Crippen LogP contribution < -0.4 is 10.0 Å². The van der Waals surface area contributed by atoms with Crippen LogP contribution in [-0.2, 0) is 31.1 Å². The van der Waals surface area contributed by atoms with Crippen LogP contribution in [0.1, 0.15) is 24.8 Å². The highest BCUT2D eigenvalue weighted by atomic mass is 32.2. The van der Waals surface area contributed by atoms with Gasteiger partial charge >= 0.3 is 0 Å². The molecule has 132 valence electrons. The first-order chi connectivity index (χ1) is 11.3. The van der Waals surface area contributed by atoms with E-state index in [2.05, 4.69) is 10.0 Å². The molecule has 1 fully saturated rings. The summed E-state index contributed by atoms with van der Waals surface area (Å²) in [6, 6.07) is 4.58. The summed E-state index contributed by atoms with van der Waals surface area (Å²) in [6.07, 6.45) is 2.16. The van der Waals surface area contributed by atoms with Gasteiger partial charge in [-0.2, -0.15) is 0 Å². The van der Waals surface area contributed by atoms with Crippen LogP contribution in [0.3, 0.4) is 0 Å². The topological polar surface area (TPSA) is 109 Å². The lowest BCUT2D eigenvalue weighted by Crippen LogP contribution is -2.25. The van der Waals surface area contributed by atoms with E-state index in [-0.39, 0.29) is 41.2 Å². The third-order valence-corrected chi connectivity index (χ3v) is 7.72. The zero-order chi connectivity index (χ0) is 17.4. The van der Waals surface area contributed by atoms with Gasteiger partial charge in [0.25, 0.3) is 0 Å². The predicted molar refractivity (Wildman–Crippen MR) is 90.0 cm³/mol. The molecular formula is C15H20N2O5S2. The van der Waals surface area contributed by atoms with Crippen LogP contribution in [0.15, 0.2) is 23.1 Å². The second-order valence-electron chi connectivity index (χ2n) is 6.35. The zero-order valence-electron chi connectivity index (χ0n) is 13.1. The van der Waals surface area contributed by atoms with E-state index in [0.29, 0.717) is 30.5 Å². The van der Waals surface area contributed by atoms with Gasteiger partial charge in [0.1, 0.15) is 0 Å². The maximum Gasteiger partial charge on any atom is 0.240 e. The molecular weight excluding hydrogens is 352 g/mol. The first kappa shape index (κ1) is 17.4. The molecule has 0 spiro atoms. The average molecular weight is 372 g/mol. The maximum atomic E-state index is 12.3. The molecule has 2 aliphatic rings. The van der Waals surface area contributed by atoms with Crippen molar-refractivity contribution in [1.29, 1.82) is 0 Å². The number of anilines is 1. The smallest absolute Gasteiger partial charge is 0.240 e. The second-order valence-corrected chi connectivity index (χ2v) is 10.3. The Balaban J connectivity index is 1.53. The summed E-state index contributed by atoms with van der Waals surface area (Å²) >= 11 is 0. The van der Waals surface area contributed by atoms with E-state index in [1.807, 2.05) is 0 Å². The van der Waals surface area contributed by atoms with Crippen molar-refractivity contribution in [3.8, 4) is 0 Å². The van der Waals surface area contributed by atoms with Gasteiger partial charge in [0.15, 0.2) is 9.84 Å². The van der Waals surface area contributed by atoms with Crippen molar-refractivity contribution in [2.75, 3.05) is 23.4 Å². The summed E-state index contributed by atoms with van der Waals surface area (Å²) in [7, 11) is -6.51. The van der Waals surface area contributed by atoms with E-state index in [9.17, 15) is 21.6 Å². The van der Waals surface area contributed by atoms with Crippen molar-refractivity contribution in [3.05, 3.63) is 23.8 Å². The number of sulfonamides is 1. The summed E-state index contributed by atoms with van der Waals surface area (Å²) in [5.41, 5.74) is 1.33. The zero-order valence-corrected chi connectivity index (χ0v) is 14.7. The Morgan fingerprint density at radius 1 is 1.29 bits per heavy atom. The molecule has 2 N–H and O–H groups in total. The molecule has 2 heterocycles. The number of hydrogen-bond acceptors (Lipinski definition) is 5. The van der Waals surface area contributed by atoms with E-state index in [0.717, 1.165) is 0 Å². The van der Waals surface area contributed by atoms with Crippen molar-refractivity contribution in [3.63, 3.8) is 0 Å². The third kappa shape index (κ3) is 3.96. The van der Waals surface area contributed by atoms with Gasteiger partial charge in [-0.3, -0.25) is 4.79 Å². The lowest BCUT2D eigenvalue weighted by molar-refractivity contribution is -0.115. The summed E-state index contributed by atoms with van der Waals surface area (Å²) in [5.74, 6) is 0.451. The van der Waals surface area contributed by atoms with Crippen LogP contribution in [0, 0.1) is 5.92 Å². The molecule has 9 heteroatoms. The van der Waals surface area contributed by atoms with E-state index in [1.165, 1.54) is 12.1 Å². The Hall–Kier alpha value is -1.45.